The van der Waals surface area contributed by atoms with Crippen LogP contribution in [0.2, 0.25) is 0 Å². The summed E-state index contributed by atoms with van der Waals surface area (Å²) in [6, 6.07) is 0. The Morgan fingerprint density at radius 3 is 1.34 bits per heavy atom. The molecular formula is C49H104N10O12. The highest BCUT2D eigenvalue weighted by atomic mass is 16.6. The Labute approximate surface area is 428 Å². The van der Waals surface area contributed by atoms with E-state index < -0.39 is 29.8 Å². The minimum atomic E-state index is -0.798. The molecule has 1 amide bonds. The molecule has 422 valence electrons. The van der Waals surface area contributed by atoms with Crippen molar-refractivity contribution in [3.63, 3.8) is 0 Å². The SMILES string of the molecule is CCCN(C)CC(O)COCC(COCC(O)CN1CCNCC1)(COCC(O)CN1CCNCC1)COCC(O)CN1CCNCC1.CCCNC.CCOC(=O)N1CCNCC1.CCOCC1CO1. The van der Waals surface area contributed by atoms with Gasteiger partial charge in [0.25, 0.3) is 0 Å². The summed E-state index contributed by atoms with van der Waals surface area (Å²) in [5, 5.41) is 59.2. The zero-order valence-corrected chi connectivity index (χ0v) is 45.1. The van der Waals surface area contributed by atoms with Gasteiger partial charge >= 0.3 is 6.09 Å². The summed E-state index contributed by atoms with van der Waals surface area (Å²) in [5.74, 6) is 0. The highest BCUT2D eigenvalue weighted by Crippen LogP contribution is 2.22. The summed E-state index contributed by atoms with van der Waals surface area (Å²) in [6.45, 7) is 30.5. The largest absolute Gasteiger partial charge is 0.450 e. The van der Waals surface area contributed by atoms with E-state index in [0.29, 0.717) is 38.9 Å². The molecule has 0 spiro atoms. The van der Waals surface area contributed by atoms with E-state index in [1.165, 1.54) is 6.42 Å². The number of nitrogens with zero attached hydrogens (tertiary/aromatic N) is 5. The molecule has 5 fully saturated rings. The molecule has 5 unspecified atom stereocenters. The Balaban J connectivity index is 0.000000607. The van der Waals surface area contributed by atoms with E-state index in [-0.39, 0.29) is 58.9 Å². The van der Waals surface area contributed by atoms with E-state index in [4.69, 9.17) is 33.2 Å². The molecule has 9 N–H and O–H groups in total. The normalized spacial score (nSPS) is 21.6. The maximum absolute atomic E-state index is 11.1. The first-order chi connectivity index (χ1) is 34.5. The number of rotatable bonds is 32. The summed E-state index contributed by atoms with van der Waals surface area (Å²) in [5.41, 5.74) is -0.798. The molecule has 5 aliphatic rings. The van der Waals surface area contributed by atoms with Crippen LogP contribution in [-0.2, 0) is 33.2 Å². The van der Waals surface area contributed by atoms with Gasteiger partial charge in [-0.25, -0.2) is 4.79 Å². The molecule has 0 radical (unpaired) electrons. The average Bonchev–Trinajstić information content (AvgIpc) is 4.20. The fourth-order valence-electron chi connectivity index (χ4n) is 8.24. The van der Waals surface area contributed by atoms with E-state index in [9.17, 15) is 25.2 Å². The predicted molar refractivity (Wildman–Crippen MR) is 277 cm³/mol. The lowest BCUT2D eigenvalue weighted by Crippen LogP contribution is -2.48. The van der Waals surface area contributed by atoms with Crippen molar-refractivity contribution in [3.05, 3.63) is 0 Å². The van der Waals surface area contributed by atoms with Crippen molar-refractivity contribution >= 4 is 6.09 Å². The van der Waals surface area contributed by atoms with Gasteiger partial charge in [0, 0.05) is 138 Å². The second-order valence-electron chi connectivity index (χ2n) is 19.2. The number of hydrogen-bond acceptors (Lipinski definition) is 21. The van der Waals surface area contributed by atoms with Crippen LogP contribution in [0.25, 0.3) is 0 Å². The van der Waals surface area contributed by atoms with Crippen LogP contribution in [0.15, 0.2) is 0 Å². The lowest BCUT2D eigenvalue weighted by atomic mass is 9.92. The molecule has 0 aromatic carbocycles. The van der Waals surface area contributed by atoms with Gasteiger partial charge in [-0.2, -0.15) is 0 Å². The highest BCUT2D eigenvalue weighted by molar-refractivity contribution is 5.67. The zero-order valence-electron chi connectivity index (χ0n) is 45.1. The molecule has 0 bridgehead atoms. The third-order valence-electron chi connectivity index (χ3n) is 12.1. The number of carbonyl (C=O) groups is 1. The summed E-state index contributed by atoms with van der Waals surface area (Å²) < 4.78 is 39.4. The number of aliphatic hydroxyl groups excluding tert-OH is 4. The topological polar surface area (TPSA) is 242 Å². The van der Waals surface area contributed by atoms with Gasteiger partial charge in [-0.1, -0.05) is 13.8 Å². The molecule has 5 heterocycles. The van der Waals surface area contributed by atoms with Crippen LogP contribution in [0.3, 0.4) is 0 Å². The molecule has 0 saturated carbocycles. The molecule has 22 nitrogen and oxygen atoms in total. The van der Waals surface area contributed by atoms with Crippen LogP contribution in [0, 0.1) is 5.41 Å². The second-order valence-corrected chi connectivity index (χ2v) is 19.2. The Bertz CT molecular complexity index is 1140. The number of amides is 1. The van der Waals surface area contributed by atoms with E-state index in [2.05, 4.69) is 60.0 Å². The van der Waals surface area contributed by atoms with Crippen molar-refractivity contribution < 1.29 is 58.4 Å². The van der Waals surface area contributed by atoms with Crippen molar-refractivity contribution in [3.8, 4) is 0 Å². The Morgan fingerprint density at radius 2 is 1.01 bits per heavy atom. The molecule has 5 atom stereocenters. The number of likely N-dealkylation sites (N-methyl/N-ethyl adjacent to an activating group) is 1. The molecular weight excluding hydrogens is 921 g/mol. The van der Waals surface area contributed by atoms with Crippen molar-refractivity contribution in [2.75, 3.05) is 237 Å². The van der Waals surface area contributed by atoms with Gasteiger partial charge < -0.3 is 90.0 Å². The Kier molecular flexibility index (Phi) is 39.5. The van der Waals surface area contributed by atoms with Crippen molar-refractivity contribution in [2.24, 2.45) is 5.41 Å². The van der Waals surface area contributed by atoms with Crippen LogP contribution >= 0.6 is 0 Å². The van der Waals surface area contributed by atoms with Crippen molar-refractivity contribution in [2.45, 2.75) is 71.1 Å². The lowest BCUT2D eigenvalue weighted by molar-refractivity contribution is -0.134. The third-order valence-corrected chi connectivity index (χ3v) is 12.1. The van der Waals surface area contributed by atoms with Gasteiger partial charge in [-0.3, -0.25) is 14.7 Å². The smallest absolute Gasteiger partial charge is 0.409 e. The molecule has 71 heavy (non-hydrogen) atoms. The number of ether oxygens (including phenoxy) is 7. The van der Waals surface area contributed by atoms with Gasteiger partial charge in [0.15, 0.2) is 0 Å². The number of epoxide rings is 1. The number of aliphatic hydroxyl groups is 4. The van der Waals surface area contributed by atoms with Crippen LogP contribution in [-0.4, -0.2) is 319 Å². The van der Waals surface area contributed by atoms with E-state index >= 15 is 0 Å². The predicted octanol–water partition coefficient (Wildman–Crippen LogP) is -2.37. The van der Waals surface area contributed by atoms with Crippen LogP contribution < -0.4 is 26.6 Å². The number of β-amino-alcohol motifs (C(OH)–C–C–N with tert-alkyl or cyclic N) is 3. The van der Waals surface area contributed by atoms with Gasteiger partial charge in [-0.05, 0) is 53.9 Å². The fraction of sp³-hybridized carbons (Fsp3) is 0.980. The average molecular weight is 1030 g/mol. The van der Waals surface area contributed by atoms with E-state index in [1.54, 1.807) is 4.90 Å². The number of carbonyl (C=O) groups excluding carboxylic acids is 1. The molecule has 0 aliphatic carbocycles. The number of nitrogens with one attached hydrogen (secondary N) is 5. The maximum Gasteiger partial charge on any atom is 0.409 e. The van der Waals surface area contributed by atoms with E-state index in [1.807, 2.05) is 27.9 Å². The monoisotopic (exact) mass is 1020 g/mol. The first kappa shape index (κ1) is 65.6. The van der Waals surface area contributed by atoms with Gasteiger partial charge in [0.1, 0.15) is 6.10 Å². The first-order valence-corrected chi connectivity index (χ1v) is 26.9. The fourth-order valence-corrected chi connectivity index (χ4v) is 8.24. The third kappa shape index (κ3) is 34.7. The highest BCUT2D eigenvalue weighted by Gasteiger charge is 2.34. The molecule has 0 aromatic heterocycles. The number of hydrogen-bond donors (Lipinski definition) is 9. The van der Waals surface area contributed by atoms with Crippen LogP contribution in [0.5, 0.6) is 0 Å². The van der Waals surface area contributed by atoms with E-state index in [0.717, 1.165) is 144 Å². The van der Waals surface area contributed by atoms with Crippen LogP contribution in [0.4, 0.5) is 4.79 Å². The first-order valence-electron chi connectivity index (χ1n) is 26.9. The zero-order chi connectivity index (χ0) is 51.8. The minimum absolute atomic E-state index is 0.138. The van der Waals surface area contributed by atoms with Gasteiger partial charge in [0.05, 0.1) is 103 Å². The summed E-state index contributed by atoms with van der Waals surface area (Å²) in [7, 11) is 3.94. The van der Waals surface area contributed by atoms with Gasteiger partial charge in [-0.15, -0.1) is 0 Å². The Morgan fingerprint density at radius 1 is 0.620 bits per heavy atom. The number of piperazine rings is 4. The maximum atomic E-state index is 11.1. The molecule has 5 saturated heterocycles. The molecule has 0 aromatic rings. The van der Waals surface area contributed by atoms with Crippen molar-refractivity contribution in [1.29, 1.82) is 0 Å². The minimum Gasteiger partial charge on any atom is -0.450 e. The molecule has 5 aliphatic heterocycles. The summed E-state index contributed by atoms with van der Waals surface area (Å²) in [6.07, 6.45) is -0.140. The molecule has 22 heteroatoms. The summed E-state index contributed by atoms with van der Waals surface area (Å²) in [4.78, 5) is 21.6. The summed E-state index contributed by atoms with van der Waals surface area (Å²) >= 11 is 0. The quantitative estimate of drug-likeness (QED) is 0.0320. The van der Waals surface area contributed by atoms with Gasteiger partial charge in [0.2, 0.25) is 0 Å². The standard InChI is InChI=1S/C33H69N7O8.C7H14N2O2.C5H10O2.C4H11N/c1-3-10-37(2)17-29(41)21-45-25-33(26-46-22-30(42)18-38-11-4-34-5-12-38,27-47-23-31(43)19-39-13-6-35-7-14-39)28-48-24-32(44)20-40-15-8-36-9-16-40;1-2-11-7(10)9-5-3-8-4-6-9;1-2-6-3-5-4-7-5;1-3-4-5-2/h29-32,34-36,41-44H,3-28H2,1-2H3;8H,2-6H2,1H3;5H,2-4H2,1H3;5H,3-4H2,1-2H3. The van der Waals surface area contributed by atoms with Crippen LogP contribution in [0.1, 0.15) is 40.5 Å². The second kappa shape index (κ2) is 42.7. The Hall–Kier alpha value is -1.49. The van der Waals surface area contributed by atoms with Crippen molar-refractivity contribution in [1.82, 2.24) is 51.1 Å². The molecule has 5 rings (SSSR count). The lowest BCUT2D eigenvalue weighted by Gasteiger charge is -2.35.